The van der Waals surface area contributed by atoms with Crippen molar-refractivity contribution in [1.82, 2.24) is 0 Å². The van der Waals surface area contributed by atoms with Crippen molar-refractivity contribution in [1.29, 1.82) is 0 Å². The van der Waals surface area contributed by atoms with E-state index < -0.39 is 10.8 Å². The Morgan fingerprint density at radius 2 is 2.00 bits per heavy atom. The highest BCUT2D eigenvalue weighted by atomic mass is 32.2. The molecule has 1 heterocycles. The van der Waals surface area contributed by atoms with Crippen molar-refractivity contribution in [2.75, 3.05) is 0 Å². The van der Waals surface area contributed by atoms with Crippen molar-refractivity contribution >= 4 is 15.8 Å². The molecule has 3 heteroatoms. The Balaban J connectivity index is 2.24. The van der Waals surface area contributed by atoms with Crippen LogP contribution in [0.4, 0.5) is 0 Å². The average Bonchev–Trinajstić information content (AvgIpc) is 2.30. The molecule has 1 aliphatic heterocycles. The van der Waals surface area contributed by atoms with Gasteiger partial charge in [0.25, 0.3) is 0 Å². The summed E-state index contributed by atoms with van der Waals surface area (Å²) >= 11 is 0. The molecule has 1 aromatic carbocycles. The van der Waals surface area contributed by atoms with Crippen molar-refractivity contribution in [3.8, 4) is 0 Å². The van der Waals surface area contributed by atoms with Crippen LogP contribution in [0.25, 0.3) is 0 Å². The molecule has 0 saturated carbocycles. The summed E-state index contributed by atoms with van der Waals surface area (Å²) < 4.78 is 11.9. The predicted octanol–water partition coefficient (Wildman–Crippen LogP) is 2.50. The van der Waals surface area contributed by atoms with Crippen LogP contribution in [0, 0.1) is 0 Å². The molecule has 0 aromatic heterocycles. The molecular formula is C11H11NOS. The third-order valence-electron chi connectivity index (χ3n) is 2.02. The van der Waals surface area contributed by atoms with Crippen LogP contribution < -0.4 is 0 Å². The first-order valence-corrected chi connectivity index (χ1v) is 5.71. The first-order chi connectivity index (χ1) is 6.88. The number of benzene rings is 1. The molecule has 72 valence electrons. The van der Waals surface area contributed by atoms with Gasteiger partial charge in [0.05, 0.1) is 10.8 Å². The Labute approximate surface area is 85.8 Å². The molecule has 0 saturated heterocycles. The van der Waals surface area contributed by atoms with E-state index in [-0.39, 0.29) is 0 Å². The molecule has 0 radical (unpaired) electrons. The van der Waals surface area contributed by atoms with Gasteiger partial charge in [0, 0.05) is 17.5 Å². The van der Waals surface area contributed by atoms with Gasteiger partial charge in [-0.05, 0) is 18.6 Å². The van der Waals surface area contributed by atoms with Crippen molar-refractivity contribution in [3.05, 3.63) is 42.6 Å². The maximum atomic E-state index is 11.9. The number of allylic oxidation sites excluding steroid dienone is 1. The molecule has 2 nitrogen and oxygen atoms in total. The molecule has 0 fully saturated rings. The maximum Gasteiger partial charge on any atom is 0.109 e. The molecule has 1 aromatic rings. The molecule has 0 aliphatic carbocycles. The van der Waals surface area contributed by atoms with Gasteiger partial charge in [0.2, 0.25) is 0 Å². The van der Waals surface area contributed by atoms with Crippen LogP contribution in [0.2, 0.25) is 0 Å². The second-order valence-corrected chi connectivity index (χ2v) is 4.51. The minimum atomic E-state index is -1.07. The number of aliphatic imine (C=N–C) groups is 1. The lowest BCUT2D eigenvalue weighted by Crippen LogP contribution is -2.08. The van der Waals surface area contributed by atoms with Crippen LogP contribution in [-0.4, -0.2) is 9.25 Å². The van der Waals surface area contributed by atoms with E-state index in [9.17, 15) is 4.21 Å². The Morgan fingerprint density at radius 3 is 2.64 bits per heavy atom. The van der Waals surface area contributed by atoms with E-state index in [2.05, 4.69) is 4.99 Å². The largest absolute Gasteiger partial charge is 0.252 e. The van der Waals surface area contributed by atoms with E-state index in [1.165, 1.54) is 0 Å². The lowest BCUT2D eigenvalue weighted by atomic mass is 10.3. The Bertz CT molecular complexity index is 395. The fraction of sp³-hybridized carbons (Fsp3) is 0.182. The van der Waals surface area contributed by atoms with E-state index in [4.69, 9.17) is 0 Å². The van der Waals surface area contributed by atoms with Gasteiger partial charge >= 0.3 is 0 Å². The summed E-state index contributed by atoms with van der Waals surface area (Å²) in [5.41, 5.74) is 0. The Hall–Kier alpha value is -1.22. The summed E-state index contributed by atoms with van der Waals surface area (Å²) in [4.78, 5) is 4.98. The average molecular weight is 205 g/mol. The van der Waals surface area contributed by atoms with Crippen molar-refractivity contribution in [3.63, 3.8) is 0 Å². The standard InChI is InChI=1S/C11H11NOS/c13-14(10-6-2-1-3-7-10)11-8-4-5-9-12-11/h1-3,5-7,9H,4,8H2. The van der Waals surface area contributed by atoms with Gasteiger partial charge in [-0.1, -0.05) is 24.3 Å². The fourth-order valence-electron chi connectivity index (χ4n) is 1.30. The zero-order valence-electron chi connectivity index (χ0n) is 7.72. The van der Waals surface area contributed by atoms with Gasteiger partial charge in [-0.15, -0.1) is 0 Å². The molecule has 1 unspecified atom stereocenters. The zero-order valence-corrected chi connectivity index (χ0v) is 8.54. The number of nitrogens with zero attached hydrogens (tertiary/aromatic N) is 1. The molecular weight excluding hydrogens is 194 g/mol. The SMILES string of the molecule is O=S(C1=NC=CCC1)c1ccccc1. The van der Waals surface area contributed by atoms with Crippen molar-refractivity contribution < 1.29 is 4.21 Å². The number of hydrogen-bond donors (Lipinski definition) is 0. The molecule has 14 heavy (non-hydrogen) atoms. The molecule has 0 N–H and O–H groups in total. The maximum absolute atomic E-state index is 11.9. The highest BCUT2D eigenvalue weighted by Crippen LogP contribution is 2.13. The predicted molar refractivity (Wildman–Crippen MR) is 58.7 cm³/mol. The molecule has 2 rings (SSSR count). The van der Waals surface area contributed by atoms with Gasteiger partial charge < -0.3 is 0 Å². The Kier molecular flexibility index (Phi) is 2.89. The molecule has 1 atom stereocenters. The third kappa shape index (κ3) is 1.99. The van der Waals surface area contributed by atoms with E-state index in [0.29, 0.717) is 0 Å². The van der Waals surface area contributed by atoms with Crippen molar-refractivity contribution in [2.24, 2.45) is 4.99 Å². The van der Waals surface area contributed by atoms with E-state index >= 15 is 0 Å². The summed E-state index contributed by atoms with van der Waals surface area (Å²) in [6.07, 6.45) is 5.47. The first-order valence-electron chi connectivity index (χ1n) is 4.56. The van der Waals surface area contributed by atoms with Crippen LogP contribution in [0.1, 0.15) is 12.8 Å². The minimum absolute atomic E-state index is 0.777. The van der Waals surface area contributed by atoms with Gasteiger partial charge in [-0.3, -0.25) is 4.99 Å². The van der Waals surface area contributed by atoms with Crippen LogP contribution in [0.3, 0.4) is 0 Å². The van der Waals surface area contributed by atoms with Crippen molar-refractivity contribution in [2.45, 2.75) is 17.7 Å². The van der Waals surface area contributed by atoms with Gasteiger partial charge in [-0.25, -0.2) is 4.21 Å². The molecule has 0 spiro atoms. The van der Waals surface area contributed by atoms with Gasteiger partial charge in [-0.2, -0.15) is 0 Å². The quantitative estimate of drug-likeness (QED) is 0.692. The van der Waals surface area contributed by atoms with Crippen LogP contribution in [0.5, 0.6) is 0 Å². The lowest BCUT2D eigenvalue weighted by molar-refractivity contribution is 0.689. The summed E-state index contributed by atoms with van der Waals surface area (Å²) in [7, 11) is -1.07. The number of rotatable bonds is 1. The Morgan fingerprint density at radius 1 is 1.21 bits per heavy atom. The lowest BCUT2D eigenvalue weighted by Gasteiger charge is -2.06. The summed E-state index contributed by atoms with van der Waals surface area (Å²) in [6.45, 7) is 0. The highest BCUT2D eigenvalue weighted by molar-refractivity contribution is 8.00. The third-order valence-corrected chi connectivity index (χ3v) is 3.46. The monoisotopic (exact) mass is 205 g/mol. The highest BCUT2D eigenvalue weighted by Gasteiger charge is 2.11. The molecule has 1 aliphatic rings. The fourth-order valence-corrected chi connectivity index (χ4v) is 2.44. The van der Waals surface area contributed by atoms with Gasteiger partial charge in [0.15, 0.2) is 0 Å². The second kappa shape index (κ2) is 4.33. The zero-order chi connectivity index (χ0) is 9.80. The topological polar surface area (TPSA) is 29.4 Å². The van der Waals surface area contributed by atoms with Crippen LogP contribution in [0.15, 0.2) is 52.5 Å². The first kappa shape index (κ1) is 9.34. The summed E-state index contributed by atoms with van der Waals surface area (Å²) in [5.74, 6) is 0. The smallest absolute Gasteiger partial charge is 0.109 e. The van der Waals surface area contributed by atoms with Gasteiger partial charge in [0.1, 0.15) is 5.04 Å². The normalized spacial score (nSPS) is 17.6. The molecule has 0 bridgehead atoms. The second-order valence-electron chi connectivity index (χ2n) is 3.03. The molecule has 0 amide bonds. The summed E-state index contributed by atoms with van der Waals surface area (Å²) in [6, 6.07) is 9.45. The van der Waals surface area contributed by atoms with Crippen LogP contribution in [-0.2, 0) is 10.8 Å². The van der Waals surface area contributed by atoms with E-state index in [1.54, 1.807) is 6.20 Å². The van der Waals surface area contributed by atoms with Crippen LogP contribution >= 0.6 is 0 Å². The number of hydrogen-bond acceptors (Lipinski definition) is 2. The van der Waals surface area contributed by atoms with E-state index in [0.717, 1.165) is 22.8 Å². The minimum Gasteiger partial charge on any atom is -0.252 e. The summed E-state index contributed by atoms with van der Waals surface area (Å²) in [5, 5.41) is 0.777. The van der Waals surface area contributed by atoms with E-state index in [1.807, 2.05) is 36.4 Å².